The largest absolute Gasteiger partial charge is 0.378 e. The number of nitrogens with zero attached hydrogens (tertiary/aromatic N) is 4. The van der Waals surface area contributed by atoms with Crippen LogP contribution in [0.2, 0.25) is 5.02 Å². The van der Waals surface area contributed by atoms with E-state index in [-0.39, 0.29) is 5.91 Å². The average molecular weight is 359 g/mol. The van der Waals surface area contributed by atoms with Gasteiger partial charge in [-0.3, -0.25) is 4.79 Å². The minimum atomic E-state index is -0.0142. The number of ether oxygens (including phenoxy) is 1. The molecule has 6 nitrogen and oxygen atoms in total. The van der Waals surface area contributed by atoms with Crippen molar-refractivity contribution in [3.63, 3.8) is 0 Å². The van der Waals surface area contributed by atoms with Crippen molar-refractivity contribution in [2.24, 2.45) is 0 Å². The Morgan fingerprint density at radius 1 is 1.20 bits per heavy atom. The van der Waals surface area contributed by atoms with E-state index in [1.807, 2.05) is 11.1 Å². The fourth-order valence-corrected chi connectivity index (χ4v) is 3.38. The van der Waals surface area contributed by atoms with Crippen molar-refractivity contribution in [1.29, 1.82) is 0 Å². The Morgan fingerprint density at radius 2 is 2.04 bits per heavy atom. The summed E-state index contributed by atoms with van der Waals surface area (Å²) in [7, 11) is 0. The Kier molecular flexibility index (Phi) is 4.55. The van der Waals surface area contributed by atoms with Gasteiger partial charge in [0.25, 0.3) is 5.91 Å². The van der Waals surface area contributed by atoms with Crippen LogP contribution in [0.25, 0.3) is 0 Å². The van der Waals surface area contributed by atoms with E-state index < -0.39 is 0 Å². The number of benzene rings is 1. The van der Waals surface area contributed by atoms with E-state index in [1.54, 1.807) is 24.3 Å². The molecule has 0 N–H and O–H groups in total. The molecule has 4 rings (SSSR count). The second-order valence-electron chi connectivity index (χ2n) is 6.23. The minimum Gasteiger partial charge on any atom is -0.378 e. The van der Waals surface area contributed by atoms with Crippen LogP contribution < -0.4 is 4.90 Å². The normalized spacial score (nSPS) is 17.3. The maximum absolute atomic E-state index is 12.7. The van der Waals surface area contributed by atoms with Crippen molar-refractivity contribution >= 4 is 23.5 Å². The van der Waals surface area contributed by atoms with Crippen LogP contribution in [-0.4, -0.2) is 53.6 Å². The minimum absolute atomic E-state index is 0.0142. The van der Waals surface area contributed by atoms with Crippen LogP contribution in [0.15, 0.2) is 30.5 Å². The molecule has 130 valence electrons. The summed E-state index contributed by atoms with van der Waals surface area (Å²) < 4.78 is 5.38. The van der Waals surface area contributed by atoms with E-state index in [0.29, 0.717) is 36.9 Å². The number of hydrogen-bond donors (Lipinski definition) is 0. The molecule has 0 atom stereocenters. The van der Waals surface area contributed by atoms with Gasteiger partial charge >= 0.3 is 0 Å². The number of anilines is 1. The first-order valence-corrected chi connectivity index (χ1v) is 8.81. The summed E-state index contributed by atoms with van der Waals surface area (Å²) in [5, 5.41) is 0.570. The first kappa shape index (κ1) is 16.3. The van der Waals surface area contributed by atoms with Gasteiger partial charge in [0.15, 0.2) is 0 Å². The number of amides is 1. The molecule has 2 aromatic rings. The third-order valence-corrected chi connectivity index (χ3v) is 4.82. The molecule has 1 saturated heterocycles. The van der Waals surface area contributed by atoms with Crippen LogP contribution >= 0.6 is 11.6 Å². The van der Waals surface area contributed by atoms with E-state index in [2.05, 4.69) is 9.88 Å². The molecule has 0 radical (unpaired) electrons. The molecular weight excluding hydrogens is 340 g/mol. The predicted octanol–water partition coefficient (Wildman–Crippen LogP) is 2.17. The summed E-state index contributed by atoms with van der Waals surface area (Å²) >= 11 is 6.01. The topological polar surface area (TPSA) is 58.6 Å². The van der Waals surface area contributed by atoms with E-state index in [4.69, 9.17) is 21.3 Å². The quantitative estimate of drug-likeness (QED) is 0.823. The van der Waals surface area contributed by atoms with Gasteiger partial charge in [0.05, 0.1) is 25.5 Å². The summed E-state index contributed by atoms with van der Waals surface area (Å²) in [4.78, 5) is 25.9. The number of aromatic nitrogens is 2. The molecule has 25 heavy (non-hydrogen) atoms. The monoisotopic (exact) mass is 358 g/mol. The van der Waals surface area contributed by atoms with Gasteiger partial charge < -0.3 is 14.5 Å². The third kappa shape index (κ3) is 3.45. The Balaban J connectivity index is 1.54. The smallest absolute Gasteiger partial charge is 0.254 e. The number of carbonyl (C=O) groups excluding carboxylic acids is 1. The molecule has 0 unspecified atom stereocenters. The first-order valence-electron chi connectivity index (χ1n) is 8.43. The SMILES string of the molecule is O=C(c1cccc(Cl)c1)N1CCc2cnc(N3CCOCC3)nc2C1. The number of carbonyl (C=O) groups is 1. The van der Waals surface area contributed by atoms with Crippen LogP contribution in [0.5, 0.6) is 0 Å². The molecule has 0 bridgehead atoms. The number of halogens is 1. The average Bonchev–Trinajstić information content (AvgIpc) is 2.67. The maximum Gasteiger partial charge on any atom is 0.254 e. The number of fused-ring (bicyclic) bond motifs is 1. The van der Waals surface area contributed by atoms with Gasteiger partial charge in [0.1, 0.15) is 0 Å². The van der Waals surface area contributed by atoms with Crippen LogP contribution in [0.4, 0.5) is 5.95 Å². The molecule has 1 amide bonds. The van der Waals surface area contributed by atoms with Crippen LogP contribution in [0.1, 0.15) is 21.6 Å². The van der Waals surface area contributed by atoms with Gasteiger partial charge in [-0.05, 0) is 30.2 Å². The highest BCUT2D eigenvalue weighted by molar-refractivity contribution is 6.30. The Hall–Kier alpha value is -2.18. The molecule has 7 heteroatoms. The van der Waals surface area contributed by atoms with E-state index in [0.717, 1.165) is 36.7 Å². The summed E-state index contributed by atoms with van der Waals surface area (Å²) in [5.74, 6) is 0.707. The Morgan fingerprint density at radius 3 is 2.84 bits per heavy atom. The van der Waals surface area contributed by atoms with Crippen molar-refractivity contribution in [3.8, 4) is 0 Å². The van der Waals surface area contributed by atoms with Crippen LogP contribution in [0.3, 0.4) is 0 Å². The van der Waals surface area contributed by atoms with Gasteiger partial charge in [0.2, 0.25) is 5.95 Å². The van der Waals surface area contributed by atoms with Crippen LogP contribution in [0, 0.1) is 0 Å². The Bertz CT molecular complexity index is 792. The molecule has 2 aliphatic rings. The number of hydrogen-bond acceptors (Lipinski definition) is 5. The number of rotatable bonds is 2. The third-order valence-electron chi connectivity index (χ3n) is 4.59. The molecule has 3 heterocycles. The summed E-state index contributed by atoms with van der Waals surface area (Å²) in [6.45, 7) is 4.15. The number of morpholine rings is 1. The molecular formula is C18H19ClN4O2. The fourth-order valence-electron chi connectivity index (χ4n) is 3.19. The molecule has 2 aliphatic heterocycles. The Labute approximate surface area is 151 Å². The first-order chi connectivity index (χ1) is 12.2. The lowest BCUT2D eigenvalue weighted by atomic mass is 10.1. The molecule has 0 spiro atoms. The highest BCUT2D eigenvalue weighted by Crippen LogP contribution is 2.22. The highest BCUT2D eigenvalue weighted by Gasteiger charge is 2.24. The lowest BCUT2D eigenvalue weighted by Crippen LogP contribution is -2.39. The predicted molar refractivity (Wildman–Crippen MR) is 95.0 cm³/mol. The summed E-state index contributed by atoms with van der Waals surface area (Å²) in [6, 6.07) is 7.07. The summed E-state index contributed by atoms with van der Waals surface area (Å²) in [6.07, 6.45) is 2.67. The molecule has 0 saturated carbocycles. The standard InChI is InChI=1S/C18H19ClN4O2/c19-15-3-1-2-13(10-15)17(24)23-5-4-14-11-20-18(21-16(14)12-23)22-6-8-25-9-7-22/h1-3,10-11H,4-9,12H2. The van der Waals surface area contributed by atoms with E-state index in [9.17, 15) is 4.79 Å². The highest BCUT2D eigenvalue weighted by atomic mass is 35.5. The van der Waals surface area contributed by atoms with Gasteiger partial charge in [0, 0.05) is 36.4 Å². The zero-order valence-electron chi connectivity index (χ0n) is 13.8. The molecule has 1 aromatic heterocycles. The van der Waals surface area contributed by atoms with E-state index >= 15 is 0 Å². The van der Waals surface area contributed by atoms with Gasteiger partial charge in [-0.1, -0.05) is 17.7 Å². The zero-order chi connectivity index (χ0) is 17.2. The maximum atomic E-state index is 12.7. The van der Waals surface area contributed by atoms with Crippen molar-refractivity contribution in [1.82, 2.24) is 14.9 Å². The molecule has 1 fully saturated rings. The van der Waals surface area contributed by atoms with Gasteiger partial charge in [-0.15, -0.1) is 0 Å². The lowest BCUT2D eigenvalue weighted by Gasteiger charge is -2.30. The van der Waals surface area contributed by atoms with Gasteiger partial charge in [-0.2, -0.15) is 0 Å². The van der Waals surface area contributed by atoms with Crippen molar-refractivity contribution in [2.75, 3.05) is 37.7 Å². The van der Waals surface area contributed by atoms with Crippen molar-refractivity contribution in [3.05, 3.63) is 52.3 Å². The van der Waals surface area contributed by atoms with Crippen molar-refractivity contribution < 1.29 is 9.53 Å². The second kappa shape index (κ2) is 6.98. The molecule has 0 aliphatic carbocycles. The van der Waals surface area contributed by atoms with Crippen LogP contribution in [-0.2, 0) is 17.7 Å². The van der Waals surface area contributed by atoms with Gasteiger partial charge in [-0.25, -0.2) is 9.97 Å². The van der Waals surface area contributed by atoms with E-state index in [1.165, 1.54) is 0 Å². The van der Waals surface area contributed by atoms with Crippen molar-refractivity contribution in [2.45, 2.75) is 13.0 Å². The zero-order valence-corrected chi connectivity index (χ0v) is 14.6. The second-order valence-corrected chi connectivity index (χ2v) is 6.66. The fraction of sp³-hybridized carbons (Fsp3) is 0.389. The lowest BCUT2D eigenvalue weighted by molar-refractivity contribution is 0.0731. The summed E-state index contributed by atoms with van der Waals surface area (Å²) in [5.41, 5.74) is 2.66. The molecule has 1 aromatic carbocycles.